The molecule has 0 spiro atoms. The minimum Gasteiger partial charge on any atom is -0.488 e. The second-order valence-electron chi connectivity index (χ2n) is 6.37. The summed E-state index contributed by atoms with van der Waals surface area (Å²) >= 11 is 0. The van der Waals surface area contributed by atoms with Gasteiger partial charge in [0.1, 0.15) is 6.61 Å². The van der Waals surface area contributed by atoms with E-state index in [0.29, 0.717) is 18.2 Å². The number of esters is 1. The molecule has 1 aromatic heterocycles. The molecule has 2 aromatic rings. The van der Waals surface area contributed by atoms with Gasteiger partial charge in [0.2, 0.25) is 5.43 Å². The van der Waals surface area contributed by atoms with Crippen molar-refractivity contribution in [2.45, 2.75) is 33.1 Å². The summed E-state index contributed by atoms with van der Waals surface area (Å²) in [6.07, 6.45) is -2.27. The number of carbonyl (C=O) groups is 1. The number of H-pyrrole nitrogens is 1. The van der Waals surface area contributed by atoms with Crippen molar-refractivity contribution in [3.05, 3.63) is 63.6 Å². The molecule has 27 heavy (non-hydrogen) atoms. The van der Waals surface area contributed by atoms with Crippen LogP contribution in [-0.4, -0.2) is 17.6 Å². The van der Waals surface area contributed by atoms with Crippen LogP contribution in [0.2, 0.25) is 0 Å². The highest BCUT2D eigenvalue weighted by Gasteiger charge is 2.30. The van der Waals surface area contributed by atoms with E-state index >= 15 is 0 Å². The van der Waals surface area contributed by atoms with E-state index in [4.69, 9.17) is 9.47 Å². The van der Waals surface area contributed by atoms with Gasteiger partial charge in [-0.1, -0.05) is 13.8 Å². The monoisotopic (exact) mass is 383 g/mol. The average Bonchev–Trinajstić information content (AvgIpc) is 2.60. The van der Waals surface area contributed by atoms with Gasteiger partial charge in [-0.3, -0.25) is 4.79 Å². The summed E-state index contributed by atoms with van der Waals surface area (Å²) in [5.41, 5.74) is -0.870. The van der Waals surface area contributed by atoms with E-state index in [1.54, 1.807) is 0 Å². The van der Waals surface area contributed by atoms with Crippen LogP contribution in [0.1, 0.15) is 41.9 Å². The fourth-order valence-corrected chi connectivity index (χ4v) is 2.12. The van der Waals surface area contributed by atoms with E-state index in [-0.39, 0.29) is 23.3 Å². The number of aromatic amines is 1. The average molecular weight is 383 g/mol. The van der Waals surface area contributed by atoms with Crippen LogP contribution in [0.4, 0.5) is 13.2 Å². The molecule has 0 saturated heterocycles. The molecule has 0 unspecified atom stereocenters. The normalized spacial score (nSPS) is 11.5. The Balaban J connectivity index is 1.93. The van der Waals surface area contributed by atoms with Crippen LogP contribution < -0.4 is 10.2 Å². The zero-order valence-electron chi connectivity index (χ0n) is 14.9. The summed E-state index contributed by atoms with van der Waals surface area (Å²) in [5.74, 6) is -0.164. The number of rotatable bonds is 7. The lowest BCUT2D eigenvalue weighted by Crippen LogP contribution is -2.13. The topological polar surface area (TPSA) is 68.4 Å². The Bertz CT molecular complexity index is 826. The van der Waals surface area contributed by atoms with E-state index in [1.165, 1.54) is 12.3 Å². The van der Waals surface area contributed by atoms with Crippen molar-refractivity contribution in [3.8, 4) is 5.75 Å². The molecule has 1 heterocycles. The number of hydrogen-bond donors (Lipinski definition) is 1. The number of hydrogen-bond acceptors (Lipinski definition) is 4. The van der Waals surface area contributed by atoms with Crippen molar-refractivity contribution < 1.29 is 27.4 Å². The molecule has 0 amide bonds. The molecule has 0 saturated carbocycles. The lowest BCUT2D eigenvalue weighted by molar-refractivity contribution is -0.137. The molecule has 0 aliphatic rings. The third kappa shape index (κ3) is 6.16. The molecule has 2 rings (SSSR count). The van der Waals surface area contributed by atoms with Crippen molar-refractivity contribution in [2.75, 3.05) is 6.61 Å². The number of alkyl halides is 3. The Labute approximate surface area is 154 Å². The smallest absolute Gasteiger partial charge is 0.416 e. The van der Waals surface area contributed by atoms with Gasteiger partial charge in [0.15, 0.2) is 5.75 Å². The van der Waals surface area contributed by atoms with E-state index in [2.05, 4.69) is 4.98 Å². The molecular formula is C19H20F3NO4. The molecule has 1 N–H and O–H groups in total. The molecule has 0 fully saturated rings. The molecule has 146 valence electrons. The Morgan fingerprint density at radius 3 is 2.41 bits per heavy atom. The van der Waals surface area contributed by atoms with E-state index in [1.807, 2.05) is 13.8 Å². The summed E-state index contributed by atoms with van der Waals surface area (Å²) in [7, 11) is 0. The molecule has 0 aliphatic carbocycles. The van der Waals surface area contributed by atoms with Crippen LogP contribution in [0.15, 0.2) is 41.3 Å². The summed E-state index contributed by atoms with van der Waals surface area (Å²) < 4.78 is 48.0. The minimum absolute atomic E-state index is 0.0148. The predicted octanol–water partition coefficient (Wildman–Crippen LogP) is 4.18. The first-order chi connectivity index (χ1) is 12.7. The predicted molar refractivity (Wildman–Crippen MR) is 92.6 cm³/mol. The maximum absolute atomic E-state index is 12.5. The van der Waals surface area contributed by atoms with Gasteiger partial charge < -0.3 is 14.5 Å². The Morgan fingerprint density at radius 2 is 1.85 bits per heavy atom. The number of carbonyl (C=O) groups excluding carboxylic acids is 1. The summed E-state index contributed by atoms with van der Waals surface area (Å²) in [6.45, 7) is 4.29. The zero-order chi connectivity index (χ0) is 20.0. The number of benzene rings is 1. The lowest BCUT2D eigenvalue weighted by atomic mass is 10.1. The number of aromatic nitrogens is 1. The lowest BCUT2D eigenvalue weighted by Gasteiger charge is -2.09. The fourth-order valence-electron chi connectivity index (χ4n) is 2.12. The van der Waals surface area contributed by atoms with Crippen LogP contribution in [0, 0.1) is 5.92 Å². The van der Waals surface area contributed by atoms with Gasteiger partial charge >= 0.3 is 12.1 Å². The Kier molecular flexibility index (Phi) is 6.65. The highest BCUT2D eigenvalue weighted by Crippen LogP contribution is 2.29. The van der Waals surface area contributed by atoms with Gasteiger partial charge in [-0.05, 0) is 36.6 Å². The first-order valence-electron chi connectivity index (χ1n) is 8.35. The quantitative estimate of drug-likeness (QED) is 0.729. The molecule has 1 aromatic carbocycles. The first-order valence-corrected chi connectivity index (χ1v) is 8.35. The number of ether oxygens (including phenoxy) is 2. The molecule has 0 atom stereocenters. The Morgan fingerprint density at radius 1 is 1.19 bits per heavy atom. The zero-order valence-corrected chi connectivity index (χ0v) is 14.9. The maximum atomic E-state index is 12.5. The van der Waals surface area contributed by atoms with Crippen LogP contribution in [0.25, 0.3) is 0 Å². The largest absolute Gasteiger partial charge is 0.488 e. The third-order valence-electron chi connectivity index (χ3n) is 3.70. The number of halogens is 3. The molecule has 0 radical (unpaired) electrons. The van der Waals surface area contributed by atoms with Crippen LogP contribution >= 0.6 is 0 Å². The van der Waals surface area contributed by atoms with Gasteiger partial charge in [0.05, 0.1) is 23.4 Å². The number of pyridine rings is 1. The molecule has 0 bridgehead atoms. The summed E-state index contributed by atoms with van der Waals surface area (Å²) in [4.78, 5) is 26.7. The standard InChI is InChI=1S/C19H20F3NO4/c1-12(2)7-8-26-17-10-23-15(9-16(17)24)11-27-18(25)13-3-5-14(6-4-13)19(20,21)22/h3-6,9-10,12H,7-8,11H2,1-2H3,(H,23,24). The second-order valence-corrected chi connectivity index (χ2v) is 6.37. The summed E-state index contributed by atoms with van der Waals surface area (Å²) in [6, 6.07) is 4.95. The second kappa shape index (κ2) is 8.75. The van der Waals surface area contributed by atoms with E-state index in [0.717, 1.165) is 30.7 Å². The SMILES string of the molecule is CC(C)CCOc1c[nH]c(COC(=O)c2ccc(C(F)(F)F)cc2)cc1=O. The van der Waals surface area contributed by atoms with Gasteiger partial charge in [-0.2, -0.15) is 13.2 Å². The van der Waals surface area contributed by atoms with Crippen LogP contribution in [0.5, 0.6) is 5.75 Å². The van der Waals surface area contributed by atoms with Gasteiger partial charge in [0.25, 0.3) is 0 Å². The van der Waals surface area contributed by atoms with E-state index in [9.17, 15) is 22.8 Å². The van der Waals surface area contributed by atoms with Crippen molar-refractivity contribution in [1.82, 2.24) is 4.98 Å². The van der Waals surface area contributed by atoms with Gasteiger partial charge in [-0.25, -0.2) is 4.79 Å². The maximum Gasteiger partial charge on any atom is 0.416 e. The van der Waals surface area contributed by atoms with E-state index < -0.39 is 17.7 Å². The first kappa shape index (κ1) is 20.5. The molecular weight excluding hydrogens is 363 g/mol. The van der Waals surface area contributed by atoms with Crippen LogP contribution in [0.3, 0.4) is 0 Å². The van der Waals surface area contributed by atoms with Crippen molar-refractivity contribution >= 4 is 5.97 Å². The van der Waals surface area contributed by atoms with Crippen molar-refractivity contribution in [3.63, 3.8) is 0 Å². The number of nitrogens with one attached hydrogen (secondary N) is 1. The highest BCUT2D eigenvalue weighted by molar-refractivity contribution is 5.89. The minimum atomic E-state index is -4.47. The summed E-state index contributed by atoms with van der Waals surface area (Å²) in [5, 5.41) is 0. The van der Waals surface area contributed by atoms with Crippen LogP contribution in [-0.2, 0) is 17.5 Å². The van der Waals surface area contributed by atoms with Crippen molar-refractivity contribution in [2.24, 2.45) is 5.92 Å². The highest BCUT2D eigenvalue weighted by atomic mass is 19.4. The van der Waals surface area contributed by atoms with Crippen molar-refractivity contribution in [1.29, 1.82) is 0 Å². The Hall–Kier alpha value is -2.77. The van der Waals surface area contributed by atoms with Gasteiger partial charge in [0, 0.05) is 12.3 Å². The molecule has 0 aliphatic heterocycles. The van der Waals surface area contributed by atoms with Gasteiger partial charge in [-0.15, -0.1) is 0 Å². The molecule has 5 nitrogen and oxygen atoms in total. The third-order valence-corrected chi connectivity index (χ3v) is 3.70. The fraction of sp³-hybridized carbons (Fsp3) is 0.368. The molecule has 8 heteroatoms.